The Kier molecular flexibility index (Phi) is 4.56. The molecule has 0 aliphatic heterocycles. The molecule has 1 unspecified atom stereocenters. The van der Waals surface area contributed by atoms with Crippen LogP contribution in [0.4, 0.5) is 4.79 Å². The van der Waals surface area contributed by atoms with Crippen LogP contribution in [0, 0.1) is 4.64 Å². The molecule has 6 nitrogen and oxygen atoms in total. The molecule has 0 bridgehead atoms. The summed E-state index contributed by atoms with van der Waals surface area (Å²) in [6.45, 7) is 1.62. The lowest BCUT2D eigenvalue weighted by atomic mass is 10.2. The lowest BCUT2D eigenvalue weighted by molar-refractivity contribution is -0.0560. The summed E-state index contributed by atoms with van der Waals surface area (Å²) in [7, 11) is 0. The van der Waals surface area contributed by atoms with Crippen molar-refractivity contribution in [1.82, 2.24) is 10.0 Å². The highest BCUT2D eigenvalue weighted by molar-refractivity contribution is 7.71. The second kappa shape index (κ2) is 6.38. The summed E-state index contributed by atoms with van der Waals surface area (Å²) in [6.07, 6.45) is 4.99. The number of nitrogens with one attached hydrogen (secondary N) is 1. The number of hydrogen-bond donors (Lipinski definition) is 3. The third-order valence-electron chi connectivity index (χ3n) is 2.86. The van der Waals surface area contributed by atoms with Gasteiger partial charge in [-0.2, -0.15) is 5.06 Å². The monoisotopic (exact) mass is 305 g/mol. The Labute approximate surface area is 126 Å². The number of furan rings is 1. The van der Waals surface area contributed by atoms with Gasteiger partial charge < -0.3 is 15.1 Å². The number of hydroxylamine groups is 2. The van der Waals surface area contributed by atoms with Crippen molar-refractivity contribution in [1.29, 1.82) is 0 Å². The van der Waals surface area contributed by atoms with Crippen LogP contribution < -0.4 is 5.73 Å². The summed E-state index contributed by atoms with van der Waals surface area (Å²) in [6, 6.07) is 5.79. The maximum absolute atomic E-state index is 10.8. The number of nitrogens with zero attached hydrogens (tertiary/aromatic N) is 1. The fourth-order valence-corrected chi connectivity index (χ4v) is 1.96. The van der Waals surface area contributed by atoms with Gasteiger partial charge in [0.2, 0.25) is 0 Å². The topological polar surface area (TPSA) is 95.5 Å². The average molecular weight is 305 g/mol. The van der Waals surface area contributed by atoms with Gasteiger partial charge in [0, 0.05) is 6.20 Å². The van der Waals surface area contributed by atoms with Gasteiger partial charge in [-0.3, -0.25) is 5.21 Å². The van der Waals surface area contributed by atoms with E-state index in [4.69, 9.17) is 22.4 Å². The predicted molar refractivity (Wildman–Crippen MR) is 81.0 cm³/mol. The number of rotatable bonds is 4. The summed E-state index contributed by atoms with van der Waals surface area (Å²) in [5.41, 5.74) is 5.76. The van der Waals surface area contributed by atoms with E-state index in [-0.39, 0.29) is 0 Å². The molecule has 0 aromatic carbocycles. The number of aromatic nitrogens is 1. The third kappa shape index (κ3) is 3.59. The minimum absolute atomic E-state index is 0.438. The molecule has 0 radical (unpaired) electrons. The molecule has 110 valence electrons. The molecule has 0 aliphatic rings. The molecule has 21 heavy (non-hydrogen) atoms. The smallest absolute Gasteiger partial charge is 0.339 e. The van der Waals surface area contributed by atoms with E-state index >= 15 is 0 Å². The first-order chi connectivity index (χ1) is 9.99. The van der Waals surface area contributed by atoms with Crippen LogP contribution in [-0.4, -0.2) is 27.3 Å². The van der Waals surface area contributed by atoms with Crippen LogP contribution in [0.25, 0.3) is 17.4 Å². The maximum Gasteiger partial charge on any atom is 0.339 e. The maximum atomic E-state index is 10.8. The van der Waals surface area contributed by atoms with Crippen LogP contribution in [0.15, 0.2) is 41.0 Å². The molecule has 2 amide bonds. The van der Waals surface area contributed by atoms with Crippen LogP contribution in [0.2, 0.25) is 0 Å². The Balaban J connectivity index is 2.16. The van der Waals surface area contributed by atoms with Gasteiger partial charge in [-0.1, -0.05) is 18.3 Å². The number of nitrogens with two attached hydrogens (primary N) is 1. The molecule has 7 heteroatoms. The highest BCUT2D eigenvalue weighted by Gasteiger charge is 2.12. The van der Waals surface area contributed by atoms with Crippen molar-refractivity contribution in [3.05, 3.63) is 46.9 Å². The van der Waals surface area contributed by atoms with Crippen LogP contribution >= 0.6 is 12.2 Å². The van der Waals surface area contributed by atoms with Gasteiger partial charge in [0.15, 0.2) is 0 Å². The summed E-state index contributed by atoms with van der Waals surface area (Å²) in [4.78, 5) is 13.7. The van der Waals surface area contributed by atoms with E-state index in [0.29, 0.717) is 21.2 Å². The molecule has 4 N–H and O–H groups in total. The number of primary amides is 1. The van der Waals surface area contributed by atoms with Crippen molar-refractivity contribution in [3.8, 4) is 11.3 Å². The Morgan fingerprint density at radius 2 is 2.29 bits per heavy atom. The average Bonchev–Trinajstić information content (AvgIpc) is 2.93. The molecular formula is C14H15N3O3S. The minimum atomic E-state index is -0.914. The number of carbonyl (C=O) groups excluding carboxylic acids is 1. The quantitative estimate of drug-likeness (QED) is 0.459. The Hall–Kier alpha value is -2.38. The SMILES string of the molecule is CC(C=Cc1ccc(-c2ccc[nH]c2=S)o1)N(O)C(N)=O. The molecule has 1 atom stereocenters. The number of H-pyrrole nitrogens is 1. The Bertz CT molecular complexity index is 720. The number of amides is 2. The van der Waals surface area contributed by atoms with E-state index in [2.05, 4.69) is 4.98 Å². The number of pyridine rings is 1. The molecule has 2 aromatic rings. The van der Waals surface area contributed by atoms with Gasteiger partial charge in [-0.25, -0.2) is 4.79 Å². The molecule has 2 heterocycles. The fraction of sp³-hybridized carbons (Fsp3) is 0.143. The van der Waals surface area contributed by atoms with E-state index in [1.165, 1.54) is 0 Å². The van der Waals surface area contributed by atoms with Crippen molar-refractivity contribution in [2.24, 2.45) is 5.73 Å². The fourth-order valence-electron chi connectivity index (χ4n) is 1.72. The minimum Gasteiger partial charge on any atom is -0.457 e. The standard InChI is InChI=1S/C14H15N3O3S/c1-9(17(19)14(15)18)4-5-10-6-7-12(20-10)11-3-2-8-16-13(11)21/h2-9,19H,1H3,(H2,15,18)(H,16,21). The third-order valence-corrected chi connectivity index (χ3v) is 3.20. The molecule has 2 rings (SSSR count). The summed E-state index contributed by atoms with van der Waals surface area (Å²) >= 11 is 5.19. The number of aromatic amines is 1. The van der Waals surface area contributed by atoms with Gasteiger partial charge >= 0.3 is 6.03 Å². The molecular weight excluding hydrogens is 290 g/mol. The largest absolute Gasteiger partial charge is 0.457 e. The van der Waals surface area contributed by atoms with Crippen LogP contribution in [0.5, 0.6) is 0 Å². The van der Waals surface area contributed by atoms with E-state index in [9.17, 15) is 10.0 Å². The van der Waals surface area contributed by atoms with E-state index in [0.717, 1.165) is 5.56 Å². The second-order valence-corrected chi connectivity index (χ2v) is 4.81. The van der Waals surface area contributed by atoms with Crippen molar-refractivity contribution >= 4 is 24.3 Å². The lowest BCUT2D eigenvalue weighted by Crippen LogP contribution is -2.38. The van der Waals surface area contributed by atoms with Gasteiger partial charge in [-0.05, 0) is 37.3 Å². The zero-order valence-corrected chi connectivity index (χ0v) is 12.1. The van der Waals surface area contributed by atoms with E-state index < -0.39 is 12.1 Å². The summed E-state index contributed by atoms with van der Waals surface area (Å²) in [5, 5.41) is 9.79. The zero-order valence-electron chi connectivity index (χ0n) is 11.3. The highest BCUT2D eigenvalue weighted by atomic mass is 32.1. The Morgan fingerprint density at radius 1 is 1.52 bits per heavy atom. The van der Waals surface area contributed by atoms with Crippen molar-refractivity contribution in [3.63, 3.8) is 0 Å². The second-order valence-electron chi connectivity index (χ2n) is 4.40. The first kappa shape index (κ1) is 15.0. The van der Waals surface area contributed by atoms with Gasteiger partial charge in [0.1, 0.15) is 16.2 Å². The normalized spacial score (nSPS) is 12.5. The first-order valence-electron chi connectivity index (χ1n) is 6.22. The predicted octanol–water partition coefficient (Wildman–Crippen LogP) is 3.18. The molecule has 0 saturated heterocycles. The van der Waals surface area contributed by atoms with Gasteiger partial charge in [0.25, 0.3) is 0 Å². The zero-order chi connectivity index (χ0) is 15.4. The van der Waals surface area contributed by atoms with E-state index in [1.807, 2.05) is 12.1 Å². The molecule has 0 saturated carbocycles. The Morgan fingerprint density at radius 3 is 2.95 bits per heavy atom. The number of hydrogen-bond acceptors (Lipinski definition) is 4. The van der Waals surface area contributed by atoms with Gasteiger partial charge in [-0.15, -0.1) is 0 Å². The van der Waals surface area contributed by atoms with E-state index in [1.54, 1.807) is 37.4 Å². The van der Waals surface area contributed by atoms with Crippen molar-refractivity contribution < 1.29 is 14.4 Å². The molecule has 0 spiro atoms. The summed E-state index contributed by atoms with van der Waals surface area (Å²) in [5.74, 6) is 1.22. The first-order valence-corrected chi connectivity index (χ1v) is 6.63. The molecule has 0 aliphatic carbocycles. The lowest BCUT2D eigenvalue weighted by Gasteiger charge is -2.16. The van der Waals surface area contributed by atoms with Crippen LogP contribution in [0.1, 0.15) is 12.7 Å². The van der Waals surface area contributed by atoms with Crippen LogP contribution in [-0.2, 0) is 0 Å². The highest BCUT2D eigenvalue weighted by Crippen LogP contribution is 2.23. The van der Waals surface area contributed by atoms with Crippen molar-refractivity contribution in [2.75, 3.05) is 0 Å². The molecule has 2 aromatic heterocycles. The summed E-state index contributed by atoms with van der Waals surface area (Å²) < 4.78 is 6.24. The van der Waals surface area contributed by atoms with Crippen molar-refractivity contribution in [2.45, 2.75) is 13.0 Å². The van der Waals surface area contributed by atoms with Gasteiger partial charge in [0.05, 0.1) is 11.6 Å². The number of urea groups is 1. The number of carbonyl (C=O) groups is 1. The molecule has 0 fully saturated rings. The van der Waals surface area contributed by atoms with Crippen LogP contribution in [0.3, 0.4) is 0 Å².